The Labute approximate surface area is 115 Å². The molecule has 0 bridgehead atoms. The van der Waals surface area contributed by atoms with Crippen LogP contribution in [0.3, 0.4) is 0 Å². The molecule has 8 nitrogen and oxygen atoms in total. The van der Waals surface area contributed by atoms with Gasteiger partial charge in [0.25, 0.3) is 11.7 Å². The van der Waals surface area contributed by atoms with Crippen molar-refractivity contribution in [3.8, 4) is 0 Å². The minimum atomic E-state index is -1.14. The molecule has 1 fully saturated rings. The third-order valence-corrected chi connectivity index (χ3v) is 3.01. The monoisotopic (exact) mass is 280 g/mol. The Kier molecular flexibility index (Phi) is 4.46. The zero-order valence-corrected chi connectivity index (χ0v) is 10.8. The van der Waals surface area contributed by atoms with Crippen LogP contribution in [0.15, 0.2) is 17.2 Å². The van der Waals surface area contributed by atoms with E-state index in [1.54, 1.807) is 0 Å². The van der Waals surface area contributed by atoms with Crippen LogP contribution in [0.5, 0.6) is 0 Å². The zero-order valence-electron chi connectivity index (χ0n) is 10.8. The van der Waals surface area contributed by atoms with Crippen LogP contribution in [0, 0.1) is 0 Å². The number of hydrogen-bond acceptors (Lipinski definition) is 6. The summed E-state index contributed by atoms with van der Waals surface area (Å²) in [4.78, 5) is 26.8. The quantitative estimate of drug-likeness (QED) is 0.639. The number of nitrogens with zero attached hydrogens (tertiary/aromatic N) is 2. The van der Waals surface area contributed by atoms with E-state index < -0.39 is 17.9 Å². The highest BCUT2D eigenvalue weighted by atomic mass is 16.5. The van der Waals surface area contributed by atoms with Crippen molar-refractivity contribution in [1.29, 1.82) is 0 Å². The summed E-state index contributed by atoms with van der Waals surface area (Å²) in [5.41, 5.74) is 0. The number of rotatable bonds is 6. The SMILES string of the molecule is C=CCC(NC(=O)c1noc(C2CCCN2)n1)C(=O)O. The van der Waals surface area contributed by atoms with Gasteiger partial charge in [0.05, 0.1) is 6.04 Å². The molecule has 20 heavy (non-hydrogen) atoms. The lowest BCUT2D eigenvalue weighted by atomic mass is 10.2. The van der Waals surface area contributed by atoms with E-state index in [-0.39, 0.29) is 18.3 Å². The maximum Gasteiger partial charge on any atom is 0.326 e. The lowest BCUT2D eigenvalue weighted by Gasteiger charge is -2.10. The maximum atomic E-state index is 11.8. The number of aliphatic carboxylic acids is 1. The topological polar surface area (TPSA) is 117 Å². The number of carbonyl (C=O) groups is 2. The van der Waals surface area contributed by atoms with Crippen molar-refractivity contribution in [3.05, 3.63) is 24.4 Å². The Morgan fingerprint density at radius 2 is 2.45 bits per heavy atom. The summed E-state index contributed by atoms with van der Waals surface area (Å²) < 4.78 is 5.02. The van der Waals surface area contributed by atoms with E-state index >= 15 is 0 Å². The van der Waals surface area contributed by atoms with Gasteiger partial charge in [0.2, 0.25) is 5.89 Å². The summed E-state index contributed by atoms with van der Waals surface area (Å²) >= 11 is 0. The van der Waals surface area contributed by atoms with Crippen LogP contribution < -0.4 is 10.6 Å². The number of amides is 1. The standard InChI is InChI=1S/C12H16N4O4/c1-2-4-8(12(18)19)14-10(17)9-15-11(20-16-9)7-5-3-6-13-7/h2,7-8,13H,1,3-6H2,(H,14,17)(H,18,19). The van der Waals surface area contributed by atoms with Crippen molar-refractivity contribution in [3.63, 3.8) is 0 Å². The fourth-order valence-electron chi connectivity index (χ4n) is 1.98. The van der Waals surface area contributed by atoms with Gasteiger partial charge < -0.3 is 20.3 Å². The van der Waals surface area contributed by atoms with Crippen LogP contribution in [-0.2, 0) is 4.79 Å². The van der Waals surface area contributed by atoms with Gasteiger partial charge in [-0.25, -0.2) is 4.79 Å². The molecular formula is C12H16N4O4. The van der Waals surface area contributed by atoms with E-state index in [4.69, 9.17) is 9.63 Å². The van der Waals surface area contributed by atoms with E-state index in [9.17, 15) is 9.59 Å². The molecule has 3 N–H and O–H groups in total. The number of carbonyl (C=O) groups excluding carboxylic acids is 1. The second kappa shape index (κ2) is 6.29. The number of carboxylic acids is 1. The largest absolute Gasteiger partial charge is 0.480 e. The van der Waals surface area contributed by atoms with Crippen molar-refractivity contribution >= 4 is 11.9 Å². The molecule has 2 atom stereocenters. The highest BCUT2D eigenvalue weighted by molar-refractivity contribution is 5.93. The lowest BCUT2D eigenvalue weighted by molar-refractivity contribution is -0.139. The van der Waals surface area contributed by atoms with Crippen LogP contribution >= 0.6 is 0 Å². The van der Waals surface area contributed by atoms with Gasteiger partial charge in [-0.2, -0.15) is 4.98 Å². The van der Waals surface area contributed by atoms with E-state index in [1.165, 1.54) is 6.08 Å². The first-order chi connectivity index (χ1) is 9.61. The minimum Gasteiger partial charge on any atom is -0.480 e. The third-order valence-electron chi connectivity index (χ3n) is 3.01. The number of nitrogens with one attached hydrogen (secondary N) is 2. The van der Waals surface area contributed by atoms with Crippen LogP contribution in [0.2, 0.25) is 0 Å². The summed E-state index contributed by atoms with van der Waals surface area (Å²) in [6.07, 6.45) is 3.42. The minimum absolute atomic E-state index is 0.0347. The van der Waals surface area contributed by atoms with E-state index in [2.05, 4.69) is 27.4 Å². The van der Waals surface area contributed by atoms with Crippen molar-refractivity contribution in [2.75, 3.05) is 6.54 Å². The van der Waals surface area contributed by atoms with Gasteiger partial charge in [-0.1, -0.05) is 11.2 Å². The fraction of sp³-hybridized carbons (Fsp3) is 0.500. The van der Waals surface area contributed by atoms with Crippen molar-refractivity contribution in [1.82, 2.24) is 20.8 Å². The maximum absolute atomic E-state index is 11.8. The Hall–Kier alpha value is -2.22. The molecule has 1 aromatic rings. The molecule has 1 saturated heterocycles. The Balaban J connectivity index is 2.01. The molecular weight excluding hydrogens is 264 g/mol. The fourth-order valence-corrected chi connectivity index (χ4v) is 1.98. The van der Waals surface area contributed by atoms with Gasteiger partial charge in [-0.15, -0.1) is 6.58 Å². The molecule has 0 spiro atoms. The molecule has 1 aromatic heterocycles. The highest BCUT2D eigenvalue weighted by Crippen LogP contribution is 2.20. The molecule has 8 heteroatoms. The number of carboxylic acid groups (broad SMARTS) is 1. The first-order valence-electron chi connectivity index (χ1n) is 6.33. The van der Waals surface area contributed by atoms with Gasteiger partial charge in [-0.05, 0) is 25.8 Å². The van der Waals surface area contributed by atoms with Crippen LogP contribution in [-0.4, -0.2) is 39.7 Å². The first-order valence-corrected chi connectivity index (χ1v) is 6.33. The Morgan fingerprint density at radius 3 is 3.05 bits per heavy atom. The van der Waals surface area contributed by atoms with Gasteiger partial charge >= 0.3 is 5.97 Å². The molecule has 2 unspecified atom stereocenters. The van der Waals surface area contributed by atoms with Gasteiger partial charge in [0.1, 0.15) is 6.04 Å². The second-order valence-electron chi connectivity index (χ2n) is 4.49. The Bertz CT molecular complexity index is 507. The zero-order chi connectivity index (χ0) is 14.5. The number of aromatic nitrogens is 2. The van der Waals surface area contributed by atoms with Gasteiger partial charge in [0.15, 0.2) is 0 Å². The summed E-state index contributed by atoms with van der Waals surface area (Å²) in [5, 5.41) is 18.0. The molecule has 0 aromatic carbocycles. The van der Waals surface area contributed by atoms with Crippen molar-refractivity contribution in [2.45, 2.75) is 31.3 Å². The lowest BCUT2D eigenvalue weighted by Crippen LogP contribution is -2.40. The highest BCUT2D eigenvalue weighted by Gasteiger charge is 2.26. The Morgan fingerprint density at radius 1 is 1.65 bits per heavy atom. The van der Waals surface area contributed by atoms with E-state index in [1.807, 2.05) is 0 Å². The van der Waals surface area contributed by atoms with Crippen LogP contribution in [0.4, 0.5) is 0 Å². The van der Waals surface area contributed by atoms with Gasteiger partial charge in [-0.3, -0.25) is 4.79 Å². The van der Waals surface area contributed by atoms with Gasteiger partial charge in [0, 0.05) is 0 Å². The summed E-state index contributed by atoms with van der Waals surface area (Å²) in [6.45, 7) is 4.32. The van der Waals surface area contributed by atoms with Crippen molar-refractivity contribution < 1.29 is 19.2 Å². The molecule has 1 amide bonds. The molecule has 0 radical (unpaired) electrons. The van der Waals surface area contributed by atoms with Crippen LogP contribution in [0.25, 0.3) is 0 Å². The normalized spacial score (nSPS) is 19.5. The average Bonchev–Trinajstić information content (AvgIpc) is 3.08. The second-order valence-corrected chi connectivity index (χ2v) is 4.49. The molecule has 108 valence electrons. The molecule has 2 heterocycles. The van der Waals surface area contributed by atoms with Crippen LogP contribution in [0.1, 0.15) is 41.8 Å². The molecule has 0 aliphatic carbocycles. The summed E-state index contributed by atoms with van der Waals surface area (Å²) in [5.74, 6) is -1.63. The van der Waals surface area contributed by atoms with E-state index in [0.29, 0.717) is 5.89 Å². The molecule has 2 rings (SSSR count). The number of hydrogen-bond donors (Lipinski definition) is 3. The first kappa shape index (κ1) is 14.2. The predicted molar refractivity (Wildman–Crippen MR) is 68.0 cm³/mol. The van der Waals surface area contributed by atoms with E-state index in [0.717, 1.165) is 19.4 Å². The van der Waals surface area contributed by atoms with Crippen molar-refractivity contribution in [2.24, 2.45) is 0 Å². The smallest absolute Gasteiger partial charge is 0.326 e. The molecule has 0 saturated carbocycles. The molecule has 1 aliphatic rings. The third kappa shape index (κ3) is 3.21. The summed E-state index contributed by atoms with van der Waals surface area (Å²) in [7, 11) is 0. The molecule has 1 aliphatic heterocycles. The summed E-state index contributed by atoms with van der Waals surface area (Å²) in [6, 6.07) is -1.08. The predicted octanol–water partition coefficient (Wildman–Crippen LogP) is 0.253. The average molecular weight is 280 g/mol.